The third-order valence-electron chi connectivity index (χ3n) is 3.70. The zero-order chi connectivity index (χ0) is 16.4. The van der Waals surface area contributed by atoms with Crippen LogP contribution in [0.4, 0.5) is 0 Å². The molecular weight excluding hydrogens is 326 g/mol. The third-order valence-corrected chi connectivity index (χ3v) is 4.07. The Labute approximate surface area is 142 Å². The number of aromatic nitrogens is 4. The second-order valence-electron chi connectivity index (χ2n) is 5.28. The van der Waals surface area contributed by atoms with Gasteiger partial charge in [0.05, 0.1) is 32.0 Å². The molecule has 0 radical (unpaired) electrons. The lowest BCUT2D eigenvalue weighted by Crippen LogP contribution is -2.15. The van der Waals surface area contributed by atoms with Crippen molar-refractivity contribution in [2.75, 3.05) is 0 Å². The van der Waals surface area contributed by atoms with E-state index in [4.69, 9.17) is 16.0 Å². The Bertz CT molecular complexity index is 1030. The lowest BCUT2D eigenvalue weighted by Gasteiger charge is -2.08. The fourth-order valence-corrected chi connectivity index (χ4v) is 2.71. The molecule has 4 rings (SSSR count). The average Bonchev–Trinajstić information content (AvgIpc) is 3.27. The second kappa shape index (κ2) is 6.33. The van der Waals surface area contributed by atoms with Crippen LogP contribution in [0, 0.1) is 0 Å². The lowest BCUT2D eigenvalue weighted by molar-refractivity contribution is 0.510. The van der Waals surface area contributed by atoms with E-state index in [1.807, 2.05) is 41.0 Å². The molecule has 0 saturated carbocycles. The van der Waals surface area contributed by atoms with Crippen LogP contribution in [0.1, 0.15) is 11.3 Å². The number of hydrogen-bond acceptors (Lipinski definition) is 4. The highest BCUT2D eigenvalue weighted by atomic mass is 35.5. The highest BCUT2D eigenvalue weighted by Crippen LogP contribution is 2.17. The maximum atomic E-state index is 6.25. The van der Waals surface area contributed by atoms with E-state index in [1.165, 1.54) is 0 Å². The Hall–Kier alpha value is -2.86. The van der Waals surface area contributed by atoms with E-state index in [2.05, 4.69) is 19.9 Å². The summed E-state index contributed by atoms with van der Waals surface area (Å²) in [5.74, 6) is 0.789. The Kier molecular flexibility index (Phi) is 3.88. The van der Waals surface area contributed by atoms with Crippen molar-refractivity contribution < 1.29 is 4.42 Å². The summed E-state index contributed by atoms with van der Waals surface area (Å²) in [5.41, 5.74) is 3.18. The van der Waals surface area contributed by atoms with Crippen molar-refractivity contribution in [3.8, 4) is 0 Å². The Balaban J connectivity index is 1.72. The number of H-pyrrole nitrogens is 1. The average molecular weight is 340 g/mol. The molecule has 3 aromatic heterocycles. The van der Waals surface area contributed by atoms with Crippen molar-refractivity contribution >= 4 is 22.8 Å². The maximum absolute atomic E-state index is 6.25. The van der Waals surface area contributed by atoms with Gasteiger partial charge in [-0.05, 0) is 23.8 Å². The minimum absolute atomic E-state index is 0.433. The standard InChI is InChI=1S/C17H14ClN5O/c18-14-6-2-1-4-12(14)9-23-11-22-16(15-17(23)21-10-20-15)19-8-13-5-3-7-24-13/h1-7,10-11H,8-9H2,(H,20,21). The van der Waals surface area contributed by atoms with Crippen LogP contribution >= 0.6 is 11.6 Å². The topological polar surface area (TPSA) is 72.0 Å². The highest BCUT2D eigenvalue weighted by Gasteiger charge is 2.07. The molecule has 1 N–H and O–H groups in total. The molecule has 0 atom stereocenters. The zero-order valence-electron chi connectivity index (χ0n) is 12.7. The van der Waals surface area contributed by atoms with Crippen molar-refractivity contribution in [1.29, 1.82) is 0 Å². The van der Waals surface area contributed by atoms with E-state index in [0.717, 1.165) is 27.5 Å². The molecule has 0 fully saturated rings. The summed E-state index contributed by atoms with van der Waals surface area (Å²) in [6.45, 7) is 1.02. The summed E-state index contributed by atoms with van der Waals surface area (Å²) >= 11 is 6.25. The molecule has 0 saturated heterocycles. The molecule has 3 heterocycles. The van der Waals surface area contributed by atoms with Crippen LogP contribution in [0.3, 0.4) is 0 Å². The molecule has 0 aliphatic heterocycles. The van der Waals surface area contributed by atoms with Crippen LogP contribution < -0.4 is 5.49 Å². The number of furan rings is 1. The van der Waals surface area contributed by atoms with Crippen LogP contribution in [0.2, 0.25) is 5.02 Å². The molecule has 0 amide bonds. The molecule has 0 unspecified atom stereocenters. The third kappa shape index (κ3) is 2.83. The van der Waals surface area contributed by atoms with Crippen LogP contribution in [-0.2, 0) is 13.1 Å². The number of benzene rings is 1. The van der Waals surface area contributed by atoms with Crippen molar-refractivity contribution in [3.63, 3.8) is 0 Å². The Morgan fingerprint density at radius 1 is 1.17 bits per heavy atom. The van der Waals surface area contributed by atoms with Gasteiger partial charge in [0.2, 0.25) is 0 Å². The minimum atomic E-state index is 0.433. The molecular formula is C17H14ClN5O. The van der Waals surface area contributed by atoms with Crippen molar-refractivity contribution in [2.24, 2.45) is 4.99 Å². The number of imidazole rings is 1. The van der Waals surface area contributed by atoms with Crippen LogP contribution in [0.15, 0.2) is 64.7 Å². The second-order valence-corrected chi connectivity index (χ2v) is 5.69. The smallest absolute Gasteiger partial charge is 0.177 e. The largest absolute Gasteiger partial charge is 0.467 e. The Morgan fingerprint density at radius 3 is 2.92 bits per heavy atom. The van der Waals surface area contributed by atoms with E-state index in [-0.39, 0.29) is 0 Å². The predicted octanol–water partition coefficient (Wildman–Crippen LogP) is 3.16. The molecule has 120 valence electrons. The summed E-state index contributed by atoms with van der Waals surface area (Å²) in [5, 5.41) is 0.722. The predicted molar refractivity (Wildman–Crippen MR) is 90.4 cm³/mol. The maximum Gasteiger partial charge on any atom is 0.177 e. The van der Waals surface area contributed by atoms with E-state index < -0.39 is 0 Å². The molecule has 0 spiro atoms. The van der Waals surface area contributed by atoms with Crippen LogP contribution in [0.5, 0.6) is 0 Å². The first-order valence-electron chi connectivity index (χ1n) is 7.46. The highest BCUT2D eigenvalue weighted by molar-refractivity contribution is 6.31. The summed E-state index contributed by atoms with van der Waals surface area (Å²) in [6.07, 6.45) is 5.00. The van der Waals surface area contributed by atoms with Gasteiger partial charge in [-0.15, -0.1) is 0 Å². The van der Waals surface area contributed by atoms with Gasteiger partial charge < -0.3 is 14.0 Å². The van der Waals surface area contributed by atoms with E-state index >= 15 is 0 Å². The first kappa shape index (κ1) is 14.7. The monoisotopic (exact) mass is 339 g/mol. The van der Waals surface area contributed by atoms with Gasteiger partial charge in [-0.2, -0.15) is 0 Å². The van der Waals surface area contributed by atoms with Crippen molar-refractivity contribution in [2.45, 2.75) is 13.1 Å². The summed E-state index contributed by atoms with van der Waals surface area (Å²) in [7, 11) is 0. The van der Waals surface area contributed by atoms with Gasteiger partial charge in [-0.1, -0.05) is 29.8 Å². The van der Waals surface area contributed by atoms with Crippen molar-refractivity contribution in [1.82, 2.24) is 19.5 Å². The fraction of sp³-hybridized carbons (Fsp3) is 0.118. The quantitative estimate of drug-likeness (QED) is 0.620. The Morgan fingerprint density at radius 2 is 2.08 bits per heavy atom. The number of rotatable bonds is 4. The number of aromatic amines is 1. The van der Waals surface area contributed by atoms with Gasteiger partial charge >= 0.3 is 0 Å². The first-order chi connectivity index (χ1) is 11.8. The number of halogens is 1. The van der Waals surface area contributed by atoms with Gasteiger partial charge in [0, 0.05) is 5.02 Å². The molecule has 7 heteroatoms. The van der Waals surface area contributed by atoms with Gasteiger partial charge in [-0.3, -0.25) is 4.99 Å². The van der Waals surface area contributed by atoms with Gasteiger partial charge in [0.15, 0.2) is 11.1 Å². The van der Waals surface area contributed by atoms with Gasteiger partial charge in [0.1, 0.15) is 11.3 Å². The fourth-order valence-electron chi connectivity index (χ4n) is 2.51. The molecule has 24 heavy (non-hydrogen) atoms. The summed E-state index contributed by atoms with van der Waals surface area (Å²) in [6, 6.07) is 11.5. The number of nitrogens with one attached hydrogen (secondary N) is 1. The number of nitrogens with zero attached hydrogens (tertiary/aromatic N) is 4. The molecule has 0 aliphatic carbocycles. The molecule has 4 aromatic rings. The summed E-state index contributed by atoms with van der Waals surface area (Å²) in [4.78, 5) is 16.4. The molecule has 0 bridgehead atoms. The van der Waals surface area contributed by atoms with Crippen molar-refractivity contribution in [3.05, 3.63) is 77.2 Å². The van der Waals surface area contributed by atoms with Crippen LogP contribution in [0.25, 0.3) is 11.2 Å². The van der Waals surface area contributed by atoms with Crippen LogP contribution in [-0.4, -0.2) is 19.5 Å². The van der Waals surface area contributed by atoms with E-state index in [0.29, 0.717) is 18.6 Å². The van der Waals surface area contributed by atoms with Gasteiger partial charge in [-0.25, -0.2) is 9.97 Å². The van der Waals surface area contributed by atoms with Gasteiger partial charge in [0.25, 0.3) is 0 Å². The first-order valence-corrected chi connectivity index (χ1v) is 7.84. The lowest BCUT2D eigenvalue weighted by atomic mass is 10.2. The molecule has 0 aliphatic rings. The molecule has 1 aromatic carbocycles. The number of hydrogen-bond donors (Lipinski definition) is 1. The minimum Gasteiger partial charge on any atom is -0.467 e. The summed E-state index contributed by atoms with van der Waals surface area (Å²) < 4.78 is 7.24. The van der Waals surface area contributed by atoms with E-state index in [9.17, 15) is 0 Å². The number of fused-ring (bicyclic) bond motifs is 1. The SMILES string of the molecule is Clc1ccccc1Cn1cnc(=NCc2ccco2)c2[nH]cnc21. The zero-order valence-corrected chi connectivity index (χ0v) is 13.4. The molecule has 6 nitrogen and oxygen atoms in total. The van der Waals surface area contributed by atoms with E-state index in [1.54, 1.807) is 18.9 Å². The normalized spacial score (nSPS) is 12.1.